The van der Waals surface area contributed by atoms with E-state index in [1.165, 1.54) is 0 Å². The largest absolute Gasteiger partial charge is 0.478 e. The topological polar surface area (TPSA) is 86.5 Å². The predicted molar refractivity (Wildman–Crippen MR) is 148 cm³/mol. The lowest BCUT2D eigenvalue weighted by Crippen LogP contribution is -2.23. The van der Waals surface area contributed by atoms with E-state index in [0.717, 1.165) is 59.3 Å². The van der Waals surface area contributed by atoms with Crippen molar-refractivity contribution < 1.29 is 18.8 Å². The third-order valence-corrected chi connectivity index (χ3v) is 6.92. The van der Waals surface area contributed by atoms with E-state index in [2.05, 4.69) is 46.6 Å². The number of nitrogens with zero attached hydrogens (tertiary/aromatic N) is 2. The van der Waals surface area contributed by atoms with Crippen molar-refractivity contribution in [2.45, 2.75) is 51.9 Å². The monoisotopic (exact) mass is 511 g/mol. The van der Waals surface area contributed by atoms with Gasteiger partial charge in [0.05, 0.1) is 18.6 Å². The lowest BCUT2D eigenvalue weighted by atomic mass is 9.93. The molecule has 1 N–H and O–H groups in total. The number of nitrogens with one attached hydrogen (secondary N) is 1. The van der Waals surface area contributed by atoms with E-state index in [0.29, 0.717) is 30.7 Å². The number of aromatic nitrogens is 2. The minimum atomic E-state index is -0.456. The van der Waals surface area contributed by atoms with Gasteiger partial charge in [-0.2, -0.15) is 4.98 Å². The second-order valence-corrected chi connectivity index (χ2v) is 9.62. The molecule has 0 radical (unpaired) electrons. The maximum absolute atomic E-state index is 12.4. The number of carbonyl (C=O) groups is 1. The van der Waals surface area contributed by atoms with Gasteiger partial charge in [-0.15, -0.1) is 0 Å². The van der Waals surface area contributed by atoms with E-state index < -0.39 is 5.41 Å². The van der Waals surface area contributed by atoms with E-state index in [1.54, 1.807) is 0 Å². The fraction of sp³-hybridized carbons (Fsp3) is 0.323. The van der Waals surface area contributed by atoms with Crippen molar-refractivity contribution in [2.24, 2.45) is 0 Å². The minimum Gasteiger partial charge on any atom is -0.478 e. The van der Waals surface area contributed by atoms with E-state index in [-0.39, 0.29) is 5.97 Å². The smallest absolute Gasteiger partial charge is 0.316 e. The fourth-order valence-corrected chi connectivity index (χ4v) is 4.53. The molecule has 0 atom stereocenters. The SMILES string of the molecule is CCCCOc1cccc(Nc2c(C)noc2-c2ccc(-c3ccc(C4(C(=O)OCC)CC4)cc3)cc2)n1. The molecule has 1 fully saturated rings. The first-order valence-electron chi connectivity index (χ1n) is 13.3. The van der Waals surface area contributed by atoms with Crippen LogP contribution in [0.25, 0.3) is 22.5 Å². The van der Waals surface area contributed by atoms with E-state index in [1.807, 2.05) is 56.3 Å². The van der Waals surface area contributed by atoms with Gasteiger partial charge in [0, 0.05) is 11.6 Å². The Labute approximate surface area is 223 Å². The standard InChI is InChI=1S/C31H33N3O4/c1-4-6-20-37-27-9-7-8-26(32-27)33-28-21(3)34-38-29(28)24-12-10-22(11-13-24)23-14-16-25(17-15-23)31(18-19-31)30(35)36-5-2/h7-17H,4-6,18-20H2,1-3H3,(H,32,33). The van der Waals surface area contributed by atoms with Crippen LogP contribution in [-0.4, -0.2) is 29.3 Å². The Bertz CT molecular complexity index is 1390. The van der Waals surface area contributed by atoms with Crippen molar-refractivity contribution in [3.8, 4) is 28.3 Å². The molecule has 0 amide bonds. The third kappa shape index (κ3) is 5.28. The number of esters is 1. The highest BCUT2D eigenvalue weighted by molar-refractivity contribution is 5.87. The highest BCUT2D eigenvalue weighted by Crippen LogP contribution is 2.49. The summed E-state index contributed by atoms with van der Waals surface area (Å²) in [6, 6.07) is 22.0. The zero-order chi connectivity index (χ0) is 26.5. The minimum absolute atomic E-state index is 0.116. The lowest BCUT2D eigenvalue weighted by molar-refractivity contribution is -0.146. The molecule has 0 aliphatic heterocycles. The molecule has 7 heteroatoms. The molecule has 2 heterocycles. The van der Waals surface area contributed by atoms with Crippen molar-refractivity contribution in [3.05, 3.63) is 78.0 Å². The van der Waals surface area contributed by atoms with Crippen molar-refractivity contribution in [1.29, 1.82) is 0 Å². The number of hydrogen-bond donors (Lipinski definition) is 1. The Balaban J connectivity index is 1.32. The molecule has 1 aliphatic carbocycles. The van der Waals surface area contributed by atoms with Crippen LogP contribution in [0.15, 0.2) is 71.3 Å². The number of hydrogen-bond acceptors (Lipinski definition) is 7. The maximum atomic E-state index is 12.4. The quantitative estimate of drug-likeness (QED) is 0.168. The second-order valence-electron chi connectivity index (χ2n) is 9.62. The van der Waals surface area contributed by atoms with Gasteiger partial charge in [-0.1, -0.05) is 73.1 Å². The molecule has 0 saturated heterocycles. The maximum Gasteiger partial charge on any atom is 0.316 e. The van der Waals surface area contributed by atoms with Crippen LogP contribution in [0.5, 0.6) is 5.88 Å². The first-order valence-corrected chi connectivity index (χ1v) is 13.3. The molecule has 196 valence electrons. The van der Waals surface area contributed by atoms with Crippen molar-refractivity contribution in [1.82, 2.24) is 10.1 Å². The summed E-state index contributed by atoms with van der Waals surface area (Å²) in [5, 5.41) is 7.54. The molecular formula is C31H33N3O4. The molecule has 38 heavy (non-hydrogen) atoms. The average molecular weight is 512 g/mol. The summed E-state index contributed by atoms with van der Waals surface area (Å²) in [6.07, 6.45) is 3.75. The van der Waals surface area contributed by atoms with Gasteiger partial charge in [-0.05, 0) is 55.9 Å². The third-order valence-electron chi connectivity index (χ3n) is 6.92. The Kier molecular flexibility index (Phi) is 7.45. The molecular weight excluding hydrogens is 478 g/mol. The Hall–Kier alpha value is -4.13. The normalized spacial score (nSPS) is 13.7. The molecule has 0 unspecified atom stereocenters. The number of anilines is 2. The highest BCUT2D eigenvalue weighted by Gasteiger charge is 2.52. The predicted octanol–water partition coefficient (Wildman–Crippen LogP) is 7.23. The van der Waals surface area contributed by atoms with Crippen LogP contribution in [0.3, 0.4) is 0 Å². The Morgan fingerprint density at radius 2 is 1.66 bits per heavy atom. The number of rotatable bonds is 11. The molecule has 0 spiro atoms. The summed E-state index contributed by atoms with van der Waals surface area (Å²) in [6.45, 7) is 6.92. The van der Waals surface area contributed by atoms with E-state index in [4.69, 9.17) is 14.0 Å². The molecule has 2 aromatic carbocycles. The molecule has 4 aromatic rings. The number of carbonyl (C=O) groups excluding carboxylic acids is 1. The summed E-state index contributed by atoms with van der Waals surface area (Å²) in [5.74, 6) is 1.78. The first kappa shape index (κ1) is 25.5. The van der Waals surface area contributed by atoms with Gasteiger partial charge in [-0.3, -0.25) is 4.79 Å². The second kappa shape index (κ2) is 11.1. The van der Waals surface area contributed by atoms with Gasteiger partial charge >= 0.3 is 5.97 Å². The first-order chi connectivity index (χ1) is 18.5. The average Bonchev–Trinajstić information content (AvgIpc) is 3.68. The highest BCUT2D eigenvalue weighted by atomic mass is 16.5. The number of pyridine rings is 1. The molecule has 1 aliphatic rings. The molecule has 1 saturated carbocycles. The van der Waals surface area contributed by atoms with Gasteiger partial charge in [-0.25, -0.2) is 0 Å². The van der Waals surface area contributed by atoms with Crippen LogP contribution in [0.2, 0.25) is 0 Å². The van der Waals surface area contributed by atoms with E-state index in [9.17, 15) is 4.79 Å². The molecule has 7 nitrogen and oxygen atoms in total. The summed E-state index contributed by atoms with van der Waals surface area (Å²) in [4.78, 5) is 17.0. The van der Waals surface area contributed by atoms with Crippen LogP contribution < -0.4 is 10.1 Å². The molecule has 5 rings (SSSR count). The van der Waals surface area contributed by atoms with Crippen LogP contribution in [0.1, 0.15) is 50.8 Å². The van der Waals surface area contributed by atoms with Gasteiger partial charge in [0.15, 0.2) is 5.76 Å². The molecule has 0 bridgehead atoms. The van der Waals surface area contributed by atoms with Gasteiger partial charge in [0.2, 0.25) is 5.88 Å². The zero-order valence-electron chi connectivity index (χ0n) is 22.1. The van der Waals surface area contributed by atoms with E-state index >= 15 is 0 Å². The summed E-state index contributed by atoms with van der Waals surface area (Å²) in [7, 11) is 0. The van der Waals surface area contributed by atoms with Gasteiger partial charge < -0.3 is 19.3 Å². The van der Waals surface area contributed by atoms with Crippen LogP contribution in [0, 0.1) is 6.92 Å². The van der Waals surface area contributed by atoms with Crippen LogP contribution in [0.4, 0.5) is 11.5 Å². The Morgan fingerprint density at radius 3 is 2.32 bits per heavy atom. The van der Waals surface area contributed by atoms with Crippen LogP contribution in [-0.2, 0) is 14.9 Å². The van der Waals surface area contributed by atoms with Gasteiger partial charge in [0.1, 0.15) is 17.2 Å². The number of unbranched alkanes of at least 4 members (excludes halogenated alkanes) is 1. The Morgan fingerprint density at radius 1 is 0.974 bits per heavy atom. The fourth-order valence-electron chi connectivity index (χ4n) is 4.53. The van der Waals surface area contributed by atoms with Crippen molar-refractivity contribution in [3.63, 3.8) is 0 Å². The van der Waals surface area contributed by atoms with Crippen molar-refractivity contribution >= 4 is 17.5 Å². The lowest BCUT2D eigenvalue weighted by Gasteiger charge is -2.14. The number of aryl methyl sites for hydroxylation is 1. The summed E-state index contributed by atoms with van der Waals surface area (Å²) >= 11 is 0. The summed E-state index contributed by atoms with van der Waals surface area (Å²) in [5.41, 5.74) is 5.15. The van der Waals surface area contributed by atoms with Crippen LogP contribution >= 0.6 is 0 Å². The number of benzene rings is 2. The van der Waals surface area contributed by atoms with Crippen molar-refractivity contribution in [2.75, 3.05) is 18.5 Å². The zero-order valence-corrected chi connectivity index (χ0v) is 22.1. The number of ether oxygens (including phenoxy) is 2. The van der Waals surface area contributed by atoms with Gasteiger partial charge in [0.25, 0.3) is 0 Å². The summed E-state index contributed by atoms with van der Waals surface area (Å²) < 4.78 is 16.7. The molecule has 2 aromatic heterocycles.